The van der Waals surface area contributed by atoms with Gasteiger partial charge in [0.2, 0.25) is 0 Å². The summed E-state index contributed by atoms with van der Waals surface area (Å²) in [5.74, 6) is 0. The van der Waals surface area contributed by atoms with E-state index in [2.05, 4.69) is 5.32 Å². The molecule has 1 amide bonds. The van der Waals surface area contributed by atoms with Crippen molar-refractivity contribution in [1.29, 1.82) is 0 Å². The number of alkyl carbamates (subject to hydrolysis) is 1. The van der Waals surface area contributed by atoms with Crippen LogP contribution in [0.4, 0.5) is 4.79 Å². The van der Waals surface area contributed by atoms with Crippen molar-refractivity contribution in [1.82, 2.24) is 5.32 Å². The third-order valence-electron chi connectivity index (χ3n) is 3.44. The molecule has 1 rings (SSSR count). The van der Waals surface area contributed by atoms with Crippen molar-refractivity contribution in [3.63, 3.8) is 0 Å². The van der Waals surface area contributed by atoms with Gasteiger partial charge in [-0.25, -0.2) is 4.79 Å². The molecule has 22 heavy (non-hydrogen) atoms. The van der Waals surface area contributed by atoms with Gasteiger partial charge in [-0.2, -0.15) is 0 Å². The predicted molar refractivity (Wildman–Crippen MR) is 87.3 cm³/mol. The Balaban J connectivity index is 1.87. The molecule has 0 fully saturated rings. The smallest absolute Gasteiger partial charge is 0.407 e. The number of ether oxygens (including phenoxy) is 1. The number of hydrogen-bond donors (Lipinski definition) is 1. The minimum Gasteiger partial charge on any atom is -0.445 e. The molecule has 1 aromatic carbocycles. The average molecular weight is 304 g/mol. The first-order valence-electron chi connectivity index (χ1n) is 8.12. The molecule has 4 nitrogen and oxygen atoms in total. The summed E-state index contributed by atoms with van der Waals surface area (Å²) >= 11 is 0. The summed E-state index contributed by atoms with van der Waals surface area (Å²) < 4.78 is 5.13. The van der Waals surface area contributed by atoms with Crippen molar-refractivity contribution in [2.24, 2.45) is 0 Å². The summed E-state index contributed by atoms with van der Waals surface area (Å²) in [5, 5.41) is 2.77. The van der Waals surface area contributed by atoms with Crippen LogP contribution < -0.4 is 5.32 Å². The molecule has 0 aromatic heterocycles. The zero-order valence-corrected chi connectivity index (χ0v) is 13.2. The van der Waals surface area contributed by atoms with Gasteiger partial charge in [-0.1, -0.05) is 62.4 Å². The van der Waals surface area contributed by atoms with E-state index in [0.717, 1.165) is 31.2 Å². The second-order valence-electron chi connectivity index (χ2n) is 5.36. The zero-order valence-electron chi connectivity index (χ0n) is 13.2. The molecular formula is C18H26NO3. The van der Waals surface area contributed by atoms with Crippen LogP contribution in [-0.4, -0.2) is 18.9 Å². The molecule has 0 bridgehead atoms. The molecule has 0 atom stereocenters. The molecule has 0 unspecified atom stereocenters. The molecule has 1 radical (unpaired) electrons. The number of carbonyl (C=O) groups excluding carboxylic acids is 2. The lowest BCUT2D eigenvalue weighted by Gasteiger charge is -2.07. The fraction of sp³-hybridized carbons (Fsp3) is 0.556. The molecular weight excluding hydrogens is 278 g/mol. The SMILES string of the molecule is O=[C]CCCCCCCCCNC(=O)OCc1ccccc1. The van der Waals surface area contributed by atoms with Crippen molar-refractivity contribution in [2.45, 2.75) is 58.0 Å². The van der Waals surface area contributed by atoms with E-state index < -0.39 is 0 Å². The van der Waals surface area contributed by atoms with E-state index in [1.54, 1.807) is 0 Å². The largest absolute Gasteiger partial charge is 0.445 e. The Morgan fingerprint density at radius 3 is 2.27 bits per heavy atom. The minimum atomic E-state index is -0.353. The van der Waals surface area contributed by atoms with Crippen LogP contribution in [0.15, 0.2) is 30.3 Å². The van der Waals surface area contributed by atoms with Gasteiger partial charge < -0.3 is 10.1 Å². The van der Waals surface area contributed by atoms with Gasteiger partial charge in [0, 0.05) is 13.0 Å². The molecule has 0 aliphatic heterocycles. The van der Waals surface area contributed by atoms with E-state index in [9.17, 15) is 9.59 Å². The monoisotopic (exact) mass is 304 g/mol. The van der Waals surface area contributed by atoms with Crippen molar-refractivity contribution >= 4 is 12.4 Å². The van der Waals surface area contributed by atoms with Gasteiger partial charge in [0.05, 0.1) is 0 Å². The van der Waals surface area contributed by atoms with E-state index in [0.29, 0.717) is 19.6 Å². The topological polar surface area (TPSA) is 55.4 Å². The van der Waals surface area contributed by atoms with Gasteiger partial charge in [0.15, 0.2) is 6.29 Å². The number of carbonyl (C=O) groups is 1. The third-order valence-corrected chi connectivity index (χ3v) is 3.44. The molecule has 0 saturated heterocycles. The van der Waals surface area contributed by atoms with Gasteiger partial charge in [0.25, 0.3) is 0 Å². The van der Waals surface area contributed by atoms with Crippen LogP contribution >= 0.6 is 0 Å². The predicted octanol–water partition coefficient (Wildman–Crippen LogP) is 4.14. The van der Waals surface area contributed by atoms with Gasteiger partial charge in [-0.15, -0.1) is 0 Å². The summed E-state index contributed by atoms with van der Waals surface area (Å²) in [6.45, 7) is 0.971. The molecule has 121 valence electrons. The number of rotatable bonds is 12. The van der Waals surface area contributed by atoms with Crippen molar-refractivity contribution in [2.75, 3.05) is 6.54 Å². The fourth-order valence-electron chi connectivity index (χ4n) is 2.17. The van der Waals surface area contributed by atoms with Crippen LogP contribution in [0.3, 0.4) is 0 Å². The lowest BCUT2D eigenvalue weighted by atomic mass is 10.1. The number of hydrogen-bond acceptors (Lipinski definition) is 3. The lowest BCUT2D eigenvalue weighted by molar-refractivity contribution is 0.139. The van der Waals surface area contributed by atoms with Gasteiger partial charge in [0.1, 0.15) is 6.61 Å². The van der Waals surface area contributed by atoms with E-state index in [-0.39, 0.29) is 6.09 Å². The first-order chi connectivity index (χ1) is 10.8. The van der Waals surface area contributed by atoms with Crippen LogP contribution in [0.25, 0.3) is 0 Å². The van der Waals surface area contributed by atoms with Crippen LogP contribution in [0.5, 0.6) is 0 Å². The highest BCUT2D eigenvalue weighted by molar-refractivity contribution is 5.67. The third kappa shape index (κ3) is 9.97. The second kappa shape index (κ2) is 12.9. The summed E-state index contributed by atoms with van der Waals surface area (Å²) in [7, 11) is 0. The Morgan fingerprint density at radius 2 is 1.59 bits per heavy atom. The molecule has 0 aliphatic carbocycles. The molecule has 0 heterocycles. The standard InChI is InChI=1S/C18H26NO3/c20-15-11-6-4-2-1-3-5-10-14-19-18(21)22-16-17-12-8-7-9-13-17/h7-9,12-13H,1-6,10-11,14,16H2,(H,19,21). The maximum atomic E-state index is 11.5. The Hall–Kier alpha value is -1.84. The molecule has 0 saturated carbocycles. The number of benzene rings is 1. The normalized spacial score (nSPS) is 10.2. The first kappa shape index (κ1) is 18.2. The van der Waals surface area contributed by atoms with Crippen LogP contribution in [0.2, 0.25) is 0 Å². The van der Waals surface area contributed by atoms with Crippen molar-refractivity contribution in [3.8, 4) is 0 Å². The highest BCUT2D eigenvalue weighted by Crippen LogP contribution is 2.07. The Kier molecular flexibility index (Phi) is 10.7. The quantitative estimate of drug-likeness (QED) is 0.590. The summed E-state index contributed by atoms with van der Waals surface area (Å²) in [4.78, 5) is 21.5. The Labute approximate surface area is 133 Å². The van der Waals surface area contributed by atoms with Crippen molar-refractivity contribution in [3.05, 3.63) is 35.9 Å². The van der Waals surface area contributed by atoms with Gasteiger partial charge in [-0.3, -0.25) is 4.79 Å². The fourth-order valence-corrected chi connectivity index (χ4v) is 2.17. The molecule has 1 aromatic rings. The molecule has 1 N–H and O–H groups in total. The second-order valence-corrected chi connectivity index (χ2v) is 5.36. The number of unbranched alkanes of at least 4 members (excludes halogenated alkanes) is 7. The summed E-state index contributed by atoms with van der Waals surface area (Å²) in [6.07, 6.45) is 9.82. The van der Waals surface area contributed by atoms with E-state index in [1.165, 1.54) is 19.3 Å². The number of nitrogens with one attached hydrogen (secondary N) is 1. The van der Waals surface area contributed by atoms with Gasteiger partial charge >= 0.3 is 6.09 Å². The lowest BCUT2D eigenvalue weighted by Crippen LogP contribution is -2.25. The zero-order chi connectivity index (χ0) is 15.9. The maximum absolute atomic E-state index is 11.5. The summed E-state index contributed by atoms with van der Waals surface area (Å²) in [5.41, 5.74) is 0.991. The highest BCUT2D eigenvalue weighted by Gasteiger charge is 2.01. The van der Waals surface area contributed by atoms with E-state index >= 15 is 0 Å². The van der Waals surface area contributed by atoms with Crippen LogP contribution in [0.1, 0.15) is 56.9 Å². The Morgan fingerprint density at radius 1 is 0.955 bits per heavy atom. The Bertz CT molecular complexity index is 406. The molecule has 4 heteroatoms. The number of amides is 1. The minimum absolute atomic E-state index is 0.310. The van der Waals surface area contributed by atoms with E-state index in [1.807, 2.05) is 36.6 Å². The molecule has 0 spiro atoms. The van der Waals surface area contributed by atoms with Crippen LogP contribution in [0, 0.1) is 0 Å². The molecule has 0 aliphatic rings. The summed E-state index contributed by atoms with van der Waals surface area (Å²) in [6, 6.07) is 9.65. The maximum Gasteiger partial charge on any atom is 0.407 e. The van der Waals surface area contributed by atoms with E-state index in [4.69, 9.17) is 4.74 Å². The van der Waals surface area contributed by atoms with Gasteiger partial charge in [-0.05, 0) is 18.4 Å². The first-order valence-corrected chi connectivity index (χ1v) is 8.12. The highest BCUT2D eigenvalue weighted by atomic mass is 16.5. The van der Waals surface area contributed by atoms with Crippen molar-refractivity contribution < 1.29 is 14.3 Å². The van der Waals surface area contributed by atoms with Crippen LogP contribution in [-0.2, 0) is 16.1 Å². The average Bonchev–Trinajstić information content (AvgIpc) is 2.55.